The van der Waals surface area contributed by atoms with E-state index >= 15 is 0 Å². The number of hydrogen-bond acceptors (Lipinski definition) is 3. The van der Waals surface area contributed by atoms with Crippen LogP contribution in [-0.4, -0.2) is 12.3 Å². The molecular weight excluding hydrogens is 272 g/mol. The minimum absolute atomic E-state index is 0. The average Bonchev–Trinajstić information content (AvgIpc) is 2.45. The van der Waals surface area contributed by atoms with Gasteiger partial charge in [0, 0.05) is 30.8 Å². The van der Waals surface area contributed by atoms with Crippen LogP contribution >= 0.6 is 12.4 Å². The molecule has 0 atom stereocenters. The number of hydrogen-bond donors (Lipinski definition) is 2. The Labute approximate surface area is 125 Å². The molecule has 2 aromatic carbocycles. The maximum Gasteiger partial charge on any atom is 0.166 e. The van der Waals surface area contributed by atoms with Crippen molar-refractivity contribution in [1.82, 2.24) is 5.32 Å². The third-order valence-electron chi connectivity index (χ3n) is 2.96. The normalized spacial score (nSPS) is 9.80. The van der Waals surface area contributed by atoms with Gasteiger partial charge in [0.15, 0.2) is 5.78 Å². The Balaban J connectivity index is 0.00000200. The van der Waals surface area contributed by atoms with Crippen LogP contribution in [0.1, 0.15) is 22.3 Å². The van der Waals surface area contributed by atoms with Gasteiger partial charge in [0.25, 0.3) is 0 Å². The molecule has 0 saturated carbocycles. The van der Waals surface area contributed by atoms with Crippen molar-refractivity contribution in [3.63, 3.8) is 0 Å². The zero-order valence-corrected chi connectivity index (χ0v) is 12.0. The molecule has 0 radical (unpaired) electrons. The van der Waals surface area contributed by atoms with Gasteiger partial charge in [-0.15, -0.1) is 12.4 Å². The first-order valence-corrected chi connectivity index (χ1v) is 6.40. The summed E-state index contributed by atoms with van der Waals surface area (Å²) in [6.07, 6.45) is 0.459. The summed E-state index contributed by atoms with van der Waals surface area (Å²) in [4.78, 5) is 12.0. The molecule has 106 valence electrons. The lowest BCUT2D eigenvalue weighted by atomic mass is 10.1. The van der Waals surface area contributed by atoms with Crippen LogP contribution in [0.2, 0.25) is 0 Å². The van der Waals surface area contributed by atoms with E-state index in [9.17, 15) is 4.79 Å². The fraction of sp³-hybridized carbons (Fsp3) is 0.188. The highest BCUT2D eigenvalue weighted by Crippen LogP contribution is 2.12. The van der Waals surface area contributed by atoms with Gasteiger partial charge >= 0.3 is 0 Å². The lowest BCUT2D eigenvalue weighted by Crippen LogP contribution is -2.18. The first-order chi connectivity index (χ1) is 9.27. The van der Waals surface area contributed by atoms with Crippen LogP contribution in [0.15, 0.2) is 54.6 Å². The molecule has 0 amide bonds. The second-order valence-corrected chi connectivity index (χ2v) is 4.42. The van der Waals surface area contributed by atoms with E-state index in [0.717, 1.165) is 6.54 Å². The van der Waals surface area contributed by atoms with Gasteiger partial charge < -0.3 is 11.1 Å². The summed E-state index contributed by atoms with van der Waals surface area (Å²) in [5.41, 5.74) is 8.16. The minimum Gasteiger partial charge on any atom is -0.398 e. The van der Waals surface area contributed by atoms with Gasteiger partial charge in [-0.3, -0.25) is 4.79 Å². The number of ketones is 1. The Kier molecular flexibility index (Phi) is 6.77. The molecule has 3 N–H and O–H groups in total. The van der Waals surface area contributed by atoms with Crippen molar-refractivity contribution in [2.24, 2.45) is 0 Å². The van der Waals surface area contributed by atoms with Gasteiger partial charge in [0.05, 0.1) is 0 Å². The van der Waals surface area contributed by atoms with E-state index in [4.69, 9.17) is 5.73 Å². The predicted molar refractivity (Wildman–Crippen MR) is 85.2 cm³/mol. The maximum absolute atomic E-state index is 12.0. The van der Waals surface area contributed by atoms with E-state index < -0.39 is 0 Å². The molecular formula is C16H19ClN2O. The average molecular weight is 291 g/mol. The van der Waals surface area contributed by atoms with E-state index in [1.807, 2.05) is 30.3 Å². The number of Topliss-reactive ketones (excluding diaryl/α,β-unsaturated/α-hetero) is 1. The number of nitrogens with one attached hydrogen (secondary N) is 1. The molecule has 2 rings (SSSR count). The number of nitrogen functional groups attached to an aromatic ring is 1. The monoisotopic (exact) mass is 290 g/mol. The van der Waals surface area contributed by atoms with Gasteiger partial charge in [-0.2, -0.15) is 0 Å². The highest BCUT2D eigenvalue weighted by atomic mass is 35.5. The standard InChI is InChI=1S/C16H18N2O.ClH/c17-15-9-5-4-8-14(15)16(19)10-11-18-12-13-6-2-1-3-7-13;/h1-9,18H,10-12,17H2;1H. The van der Waals surface area contributed by atoms with Crippen molar-refractivity contribution in [2.75, 3.05) is 12.3 Å². The van der Waals surface area contributed by atoms with Gasteiger partial charge in [-0.25, -0.2) is 0 Å². The first-order valence-electron chi connectivity index (χ1n) is 6.40. The van der Waals surface area contributed by atoms with E-state index in [-0.39, 0.29) is 18.2 Å². The summed E-state index contributed by atoms with van der Waals surface area (Å²) in [5, 5.41) is 3.26. The van der Waals surface area contributed by atoms with Crippen molar-refractivity contribution in [3.8, 4) is 0 Å². The van der Waals surface area contributed by atoms with Gasteiger partial charge in [-0.1, -0.05) is 42.5 Å². The lowest BCUT2D eigenvalue weighted by molar-refractivity contribution is 0.0983. The van der Waals surface area contributed by atoms with E-state index in [2.05, 4.69) is 17.4 Å². The molecule has 4 heteroatoms. The molecule has 0 heterocycles. The summed E-state index contributed by atoms with van der Waals surface area (Å²) in [7, 11) is 0. The Morgan fingerprint density at radius 1 is 1.00 bits per heavy atom. The number of nitrogens with two attached hydrogens (primary N) is 1. The van der Waals surface area contributed by atoms with Crippen LogP contribution in [0.5, 0.6) is 0 Å². The summed E-state index contributed by atoms with van der Waals surface area (Å²) >= 11 is 0. The Morgan fingerprint density at radius 2 is 1.65 bits per heavy atom. The SMILES string of the molecule is Cl.Nc1ccccc1C(=O)CCNCc1ccccc1. The van der Waals surface area contributed by atoms with Crippen LogP contribution in [0.25, 0.3) is 0 Å². The summed E-state index contributed by atoms with van der Waals surface area (Å²) in [5.74, 6) is 0.0821. The number of anilines is 1. The van der Waals surface area contributed by atoms with Gasteiger partial charge in [0.2, 0.25) is 0 Å². The molecule has 0 saturated heterocycles. The number of carbonyl (C=O) groups is 1. The van der Waals surface area contributed by atoms with Crippen molar-refractivity contribution in [3.05, 3.63) is 65.7 Å². The maximum atomic E-state index is 12.0. The van der Waals surface area contributed by atoms with Crippen molar-refractivity contribution < 1.29 is 4.79 Å². The number of benzene rings is 2. The van der Waals surface area contributed by atoms with Crippen LogP contribution < -0.4 is 11.1 Å². The van der Waals surface area contributed by atoms with E-state index in [1.54, 1.807) is 12.1 Å². The molecule has 0 unspecified atom stereocenters. The number of halogens is 1. The smallest absolute Gasteiger partial charge is 0.166 e. The molecule has 2 aromatic rings. The highest BCUT2D eigenvalue weighted by Gasteiger charge is 2.07. The lowest BCUT2D eigenvalue weighted by Gasteiger charge is -2.06. The molecule has 0 bridgehead atoms. The molecule has 20 heavy (non-hydrogen) atoms. The van der Waals surface area contributed by atoms with E-state index in [1.165, 1.54) is 5.56 Å². The van der Waals surface area contributed by atoms with Crippen molar-refractivity contribution in [2.45, 2.75) is 13.0 Å². The second kappa shape index (κ2) is 8.35. The quantitative estimate of drug-likeness (QED) is 0.488. The zero-order chi connectivity index (χ0) is 13.5. The number of carbonyl (C=O) groups excluding carboxylic acids is 1. The summed E-state index contributed by atoms with van der Waals surface area (Å²) < 4.78 is 0. The predicted octanol–water partition coefficient (Wildman–Crippen LogP) is 3.05. The molecule has 0 fully saturated rings. The van der Waals surface area contributed by atoms with E-state index in [0.29, 0.717) is 24.2 Å². The fourth-order valence-corrected chi connectivity index (χ4v) is 1.92. The highest BCUT2D eigenvalue weighted by molar-refractivity contribution is 6.00. The topological polar surface area (TPSA) is 55.1 Å². The summed E-state index contributed by atoms with van der Waals surface area (Å²) in [6, 6.07) is 17.3. The molecule has 3 nitrogen and oxygen atoms in total. The minimum atomic E-state index is 0. The van der Waals surface area contributed by atoms with Crippen LogP contribution in [0.3, 0.4) is 0 Å². The number of para-hydroxylation sites is 1. The second-order valence-electron chi connectivity index (χ2n) is 4.42. The van der Waals surface area contributed by atoms with Crippen molar-refractivity contribution >= 4 is 23.9 Å². The Hall–Kier alpha value is -1.84. The molecule has 0 aromatic heterocycles. The molecule has 0 aliphatic rings. The number of rotatable bonds is 6. The third-order valence-corrected chi connectivity index (χ3v) is 2.96. The largest absolute Gasteiger partial charge is 0.398 e. The molecule has 0 spiro atoms. The van der Waals surface area contributed by atoms with Crippen molar-refractivity contribution in [1.29, 1.82) is 0 Å². The zero-order valence-electron chi connectivity index (χ0n) is 11.2. The van der Waals surface area contributed by atoms with Crippen LogP contribution in [0, 0.1) is 0 Å². The van der Waals surface area contributed by atoms with Gasteiger partial charge in [-0.05, 0) is 17.7 Å². The molecule has 0 aliphatic heterocycles. The Morgan fingerprint density at radius 3 is 2.35 bits per heavy atom. The van der Waals surface area contributed by atoms with Gasteiger partial charge in [0.1, 0.15) is 0 Å². The third kappa shape index (κ3) is 4.68. The fourth-order valence-electron chi connectivity index (χ4n) is 1.92. The van der Waals surface area contributed by atoms with Crippen LogP contribution in [-0.2, 0) is 6.54 Å². The van der Waals surface area contributed by atoms with Crippen LogP contribution in [0.4, 0.5) is 5.69 Å². The Bertz CT molecular complexity index is 543. The first kappa shape index (κ1) is 16.2. The summed E-state index contributed by atoms with van der Waals surface area (Å²) in [6.45, 7) is 1.43. The molecule has 0 aliphatic carbocycles.